The van der Waals surface area contributed by atoms with E-state index in [0.29, 0.717) is 11.4 Å². The molecule has 1 aromatic rings. The smallest absolute Gasteiger partial charge is 0.303 e. The van der Waals surface area contributed by atoms with Gasteiger partial charge in [0.15, 0.2) is 0 Å². The van der Waals surface area contributed by atoms with E-state index < -0.39 is 5.97 Å². The van der Waals surface area contributed by atoms with E-state index in [0.717, 1.165) is 10.5 Å². The van der Waals surface area contributed by atoms with Crippen LogP contribution in [-0.4, -0.2) is 17.3 Å². The summed E-state index contributed by atoms with van der Waals surface area (Å²) in [4.78, 5) is 11.5. The molecule has 0 fully saturated rings. The summed E-state index contributed by atoms with van der Waals surface area (Å²) in [5.41, 5.74) is 1.01. The van der Waals surface area contributed by atoms with Gasteiger partial charge in [0.25, 0.3) is 0 Å². The largest absolute Gasteiger partial charge is 0.481 e. The number of aliphatic carboxylic acids is 1. The molecule has 2 nitrogen and oxygen atoms in total. The first-order valence-electron chi connectivity index (χ1n) is 4.17. The minimum Gasteiger partial charge on any atom is -0.481 e. The van der Waals surface area contributed by atoms with Crippen LogP contribution in [0.15, 0.2) is 23.1 Å². The fraction of sp³-hybridized carbons (Fsp3) is 0.300. The Bertz CT molecular complexity index is 339. The number of halogens is 1. The molecule has 0 aliphatic rings. The van der Waals surface area contributed by atoms with Gasteiger partial charge in [0, 0.05) is 16.3 Å². The van der Waals surface area contributed by atoms with Crippen LogP contribution in [0.2, 0.25) is 5.02 Å². The average molecular weight is 231 g/mol. The van der Waals surface area contributed by atoms with E-state index in [2.05, 4.69) is 0 Å². The molecule has 76 valence electrons. The van der Waals surface area contributed by atoms with Gasteiger partial charge < -0.3 is 5.11 Å². The number of carboxylic acid groups (broad SMARTS) is 1. The van der Waals surface area contributed by atoms with Crippen LogP contribution in [0.4, 0.5) is 0 Å². The first-order chi connectivity index (χ1) is 6.63. The highest BCUT2D eigenvalue weighted by Crippen LogP contribution is 2.24. The molecule has 1 rings (SSSR count). The highest BCUT2D eigenvalue weighted by atomic mass is 35.5. The summed E-state index contributed by atoms with van der Waals surface area (Å²) in [6.07, 6.45) is 2.65. The molecule has 1 aromatic carbocycles. The van der Waals surface area contributed by atoms with Crippen LogP contribution in [0.3, 0.4) is 0 Å². The summed E-state index contributed by atoms with van der Waals surface area (Å²) in [7, 11) is 0. The highest BCUT2D eigenvalue weighted by Gasteiger charge is 2.05. The van der Waals surface area contributed by atoms with E-state index in [9.17, 15) is 4.79 Å². The lowest BCUT2D eigenvalue weighted by Crippen LogP contribution is -1.98. The zero-order valence-electron chi connectivity index (χ0n) is 7.79. The molecule has 4 heteroatoms. The summed E-state index contributed by atoms with van der Waals surface area (Å²) in [6.45, 7) is 0. The van der Waals surface area contributed by atoms with Gasteiger partial charge in [0.2, 0.25) is 0 Å². The molecule has 0 unspecified atom stereocenters. The third kappa shape index (κ3) is 3.24. The lowest BCUT2D eigenvalue weighted by molar-refractivity contribution is -0.136. The number of carbonyl (C=O) groups is 1. The van der Waals surface area contributed by atoms with Crippen LogP contribution in [0.25, 0.3) is 0 Å². The summed E-state index contributed by atoms with van der Waals surface area (Å²) in [5, 5.41) is 9.22. The monoisotopic (exact) mass is 230 g/mol. The molecule has 0 saturated heterocycles. The summed E-state index contributed by atoms with van der Waals surface area (Å²) in [6, 6.07) is 5.57. The Morgan fingerprint density at radius 1 is 1.57 bits per heavy atom. The van der Waals surface area contributed by atoms with Crippen molar-refractivity contribution in [1.82, 2.24) is 0 Å². The second-order valence-electron chi connectivity index (χ2n) is 2.85. The van der Waals surface area contributed by atoms with Crippen molar-refractivity contribution in [2.75, 3.05) is 6.26 Å². The number of hydrogen-bond donors (Lipinski definition) is 1. The standard InChI is InChI=1S/C10H11ClO2S/c1-14-9-4-3-8(11)6-7(9)2-5-10(12)13/h3-4,6H,2,5H2,1H3,(H,12,13). The van der Waals surface area contributed by atoms with Crippen molar-refractivity contribution in [2.45, 2.75) is 17.7 Å². The van der Waals surface area contributed by atoms with Gasteiger partial charge in [-0.2, -0.15) is 0 Å². The van der Waals surface area contributed by atoms with E-state index in [1.165, 1.54) is 0 Å². The zero-order chi connectivity index (χ0) is 10.6. The quantitative estimate of drug-likeness (QED) is 0.808. The van der Waals surface area contributed by atoms with Crippen LogP contribution in [0.5, 0.6) is 0 Å². The zero-order valence-corrected chi connectivity index (χ0v) is 9.36. The number of thioether (sulfide) groups is 1. The molecule has 0 radical (unpaired) electrons. The third-order valence-corrected chi connectivity index (χ3v) is 2.92. The van der Waals surface area contributed by atoms with Gasteiger partial charge in [-0.25, -0.2) is 0 Å². The Balaban J connectivity index is 2.82. The second kappa shape index (κ2) is 5.27. The van der Waals surface area contributed by atoms with Crippen molar-refractivity contribution in [1.29, 1.82) is 0 Å². The van der Waals surface area contributed by atoms with E-state index in [1.54, 1.807) is 11.8 Å². The summed E-state index contributed by atoms with van der Waals surface area (Å²) >= 11 is 7.44. The molecular formula is C10H11ClO2S. The van der Waals surface area contributed by atoms with E-state index in [4.69, 9.17) is 16.7 Å². The maximum Gasteiger partial charge on any atom is 0.303 e. The molecule has 0 spiro atoms. The third-order valence-electron chi connectivity index (χ3n) is 1.85. The minimum atomic E-state index is -0.781. The molecule has 0 atom stereocenters. The van der Waals surface area contributed by atoms with Crippen LogP contribution >= 0.6 is 23.4 Å². The predicted octanol–water partition coefficient (Wildman–Crippen LogP) is 3.08. The van der Waals surface area contributed by atoms with Crippen LogP contribution < -0.4 is 0 Å². The summed E-state index contributed by atoms with van der Waals surface area (Å²) < 4.78 is 0. The fourth-order valence-corrected chi connectivity index (χ4v) is 2.01. The predicted molar refractivity (Wildman–Crippen MR) is 59.2 cm³/mol. The molecule has 1 N–H and O–H groups in total. The normalized spacial score (nSPS) is 10.1. The van der Waals surface area contributed by atoms with Gasteiger partial charge in [0.05, 0.1) is 0 Å². The first kappa shape index (κ1) is 11.4. The highest BCUT2D eigenvalue weighted by molar-refractivity contribution is 7.98. The second-order valence-corrected chi connectivity index (χ2v) is 4.13. The van der Waals surface area contributed by atoms with Crippen molar-refractivity contribution < 1.29 is 9.90 Å². The number of carboxylic acids is 1. The minimum absolute atomic E-state index is 0.147. The van der Waals surface area contributed by atoms with Crippen LogP contribution in [-0.2, 0) is 11.2 Å². The van der Waals surface area contributed by atoms with Crippen molar-refractivity contribution in [3.63, 3.8) is 0 Å². The van der Waals surface area contributed by atoms with Gasteiger partial charge in [-0.1, -0.05) is 11.6 Å². The molecule has 0 aromatic heterocycles. The van der Waals surface area contributed by atoms with E-state index in [-0.39, 0.29) is 6.42 Å². The Labute approximate surface area is 92.3 Å². The molecule has 0 bridgehead atoms. The number of hydrogen-bond acceptors (Lipinski definition) is 2. The van der Waals surface area contributed by atoms with Crippen molar-refractivity contribution in [3.8, 4) is 0 Å². The van der Waals surface area contributed by atoms with Crippen molar-refractivity contribution in [2.24, 2.45) is 0 Å². The van der Waals surface area contributed by atoms with Crippen molar-refractivity contribution >= 4 is 29.3 Å². The fourth-order valence-electron chi connectivity index (χ4n) is 1.18. The molecule has 0 amide bonds. The Hall–Kier alpha value is -0.670. The Kier molecular flexibility index (Phi) is 4.29. The molecule has 0 saturated carbocycles. The summed E-state index contributed by atoms with van der Waals surface area (Å²) in [5.74, 6) is -0.781. The van der Waals surface area contributed by atoms with Crippen LogP contribution in [0, 0.1) is 0 Å². The average Bonchev–Trinajstić information content (AvgIpc) is 2.15. The number of benzene rings is 1. The van der Waals surface area contributed by atoms with Gasteiger partial charge in [-0.15, -0.1) is 11.8 Å². The maximum absolute atomic E-state index is 10.4. The van der Waals surface area contributed by atoms with Crippen molar-refractivity contribution in [3.05, 3.63) is 28.8 Å². The molecule has 0 aliphatic carbocycles. The number of rotatable bonds is 4. The molecular weight excluding hydrogens is 220 g/mol. The van der Waals surface area contributed by atoms with Gasteiger partial charge >= 0.3 is 5.97 Å². The topological polar surface area (TPSA) is 37.3 Å². The SMILES string of the molecule is CSc1ccc(Cl)cc1CCC(=O)O. The first-order valence-corrected chi connectivity index (χ1v) is 5.78. The van der Waals surface area contributed by atoms with Gasteiger partial charge in [-0.05, 0) is 36.4 Å². The number of aryl methyl sites for hydroxylation is 1. The Morgan fingerprint density at radius 3 is 2.86 bits per heavy atom. The van der Waals surface area contributed by atoms with Gasteiger partial charge in [-0.3, -0.25) is 4.79 Å². The molecule has 0 heterocycles. The molecule has 0 aliphatic heterocycles. The van der Waals surface area contributed by atoms with E-state index >= 15 is 0 Å². The lowest BCUT2D eigenvalue weighted by atomic mass is 10.1. The van der Waals surface area contributed by atoms with Crippen LogP contribution in [0.1, 0.15) is 12.0 Å². The maximum atomic E-state index is 10.4. The lowest BCUT2D eigenvalue weighted by Gasteiger charge is -2.06. The molecule has 14 heavy (non-hydrogen) atoms. The van der Waals surface area contributed by atoms with Gasteiger partial charge in [0.1, 0.15) is 0 Å². The van der Waals surface area contributed by atoms with E-state index in [1.807, 2.05) is 24.5 Å². The Morgan fingerprint density at radius 2 is 2.29 bits per heavy atom.